The smallest absolute Gasteiger partial charge is 0.336 e. The molecule has 4 aromatic carbocycles. The number of hydrogen-bond donors (Lipinski definition) is 5. The molecule has 11 heteroatoms. The van der Waals surface area contributed by atoms with Crippen molar-refractivity contribution in [2.24, 2.45) is 0 Å². The Hall–Kier alpha value is -4.52. The Morgan fingerprint density at radius 3 is 2.18 bits per heavy atom. The average Bonchev–Trinajstić information content (AvgIpc) is 3.15. The van der Waals surface area contributed by atoms with E-state index in [9.17, 15) is 24.6 Å². The predicted octanol–water partition coefficient (Wildman–Crippen LogP) is 6.56. The van der Waals surface area contributed by atoms with Gasteiger partial charge in [-0.1, -0.05) is 84.9 Å². The molecule has 1 saturated heterocycles. The first-order valence-corrected chi connectivity index (χ1v) is 17.2. The van der Waals surface area contributed by atoms with Crippen LogP contribution in [-0.2, 0) is 32.2 Å². The van der Waals surface area contributed by atoms with Gasteiger partial charge >= 0.3 is 5.97 Å². The average molecular weight is 685 g/mol. The molecule has 3 atom stereocenters. The minimum absolute atomic E-state index is 0.0466. The highest BCUT2D eigenvalue weighted by atomic mass is 32.2. The summed E-state index contributed by atoms with van der Waals surface area (Å²) in [5.41, 5.74) is 7.37. The standard InChI is InChI=1S/C38H40N2O8S/c41-23-25-13-15-27(16-14-25)33-21-30(24-49-34-10-4-3-9-32(34)37(44)45)47-38(48-33)28-19-17-26(18-20-28)31-8-2-1-7-29(31)22-39-35(42)11-5-6-12-36(43)40-46/h1-4,7-10,13-20,30,33,38,41,46H,5-6,11-12,21-24H2,(H,39,42)(H,40,43)(H,44,45)/t30-,33+,38+/m1/s1. The minimum atomic E-state index is -0.971. The van der Waals surface area contributed by atoms with Crippen molar-refractivity contribution in [3.8, 4) is 11.1 Å². The zero-order valence-corrected chi connectivity index (χ0v) is 27.7. The van der Waals surface area contributed by atoms with E-state index in [-0.39, 0.29) is 43.1 Å². The highest BCUT2D eigenvalue weighted by molar-refractivity contribution is 7.99. The summed E-state index contributed by atoms with van der Waals surface area (Å²) in [6, 6.07) is 30.4. The van der Waals surface area contributed by atoms with Crippen LogP contribution in [0.4, 0.5) is 0 Å². The molecule has 0 bridgehead atoms. The Kier molecular flexibility index (Phi) is 13.0. The molecule has 1 aliphatic heterocycles. The summed E-state index contributed by atoms with van der Waals surface area (Å²) >= 11 is 1.45. The van der Waals surface area contributed by atoms with Crippen LogP contribution in [0.25, 0.3) is 11.1 Å². The minimum Gasteiger partial charge on any atom is -0.478 e. The molecule has 1 heterocycles. The van der Waals surface area contributed by atoms with E-state index in [4.69, 9.17) is 14.7 Å². The van der Waals surface area contributed by atoms with Crippen LogP contribution in [-0.4, -0.2) is 45.1 Å². The summed E-state index contributed by atoms with van der Waals surface area (Å²) in [4.78, 5) is 36.0. The van der Waals surface area contributed by atoms with Gasteiger partial charge in [-0.2, -0.15) is 0 Å². The van der Waals surface area contributed by atoms with Gasteiger partial charge in [-0.25, -0.2) is 10.3 Å². The van der Waals surface area contributed by atoms with Crippen LogP contribution in [0.3, 0.4) is 0 Å². The Balaban J connectivity index is 1.28. The Bertz CT molecular complexity index is 1710. The summed E-state index contributed by atoms with van der Waals surface area (Å²) in [5, 5.41) is 30.7. The number of carboxylic acid groups (broad SMARTS) is 1. The summed E-state index contributed by atoms with van der Waals surface area (Å²) in [6.45, 7) is 0.304. The normalized spacial score (nSPS) is 17.3. The summed E-state index contributed by atoms with van der Waals surface area (Å²) < 4.78 is 13.0. The van der Waals surface area contributed by atoms with E-state index in [2.05, 4.69) is 5.32 Å². The lowest BCUT2D eigenvalue weighted by Crippen LogP contribution is -2.31. The van der Waals surface area contributed by atoms with Crippen LogP contribution in [0.1, 0.15) is 77.1 Å². The number of nitrogens with one attached hydrogen (secondary N) is 2. The molecule has 0 radical (unpaired) electrons. The molecule has 0 saturated carbocycles. The van der Waals surface area contributed by atoms with Gasteiger partial charge in [0, 0.05) is 42.0 Å². The van der Waals surface area contributed by atoms with E-state index in [0.717, 1.165) is 33.4 Å². The fourth-order valence-electron chi connectivity index (χ4n) is 5.66. The van der Waals surface area contributed by atoms with Crippen molar-refractivity contribution in [3.05, 3.63) is 125 Å². The number of hydroxylamine groups is 1. The molecular formula is C38H40N2O8S. The van der Waals surface area contributed by atoms with Crippen molar-refractivity contribution in [1.29, 1.82) is 0 Å². The van der Waals surface area contributed by atoms with E-state index in [1.807, 2.05) is 78.9 Å². The number of benzene rings is 4. The maximum atomic E-state index is 12.4. The highest BCUT2D eigenvalue weighted by Crippen LogP contribution is 2.40. The number of carbonyl (C=O) groups is 3. The van der Waals surface area contributed by atoms with E-state index in [1.54, 1.807) is 23.7 Å². The monoisotopic (exact) mass is 684 g/mol. The van der Waals surface area contributed by atoms with Crippen LogP contribution < -0.4 is 10.8 Å². The number of carbonyl (C=O) groups excluding carboxylic acids is 2. The highest BCUT2D eigenvalue weighted by Gasteiger charge is 2.32. The number of aliphatic hydroxyl groups excluding tert-OH is 1. The molecule has 1 aliphatic rings. The van der Waals surface area contributed by atoms with Gasteiger partial charge in [0.05, 0.1) is 24.4 Å². The number of rotatable bonds is 15. The number of thioether (sulfide) groups is 1. The molecule has 0 unspecified atom stereocenters. The Morgan fingerprint density at radius 2 is 1.47 bits per heavy atom. The summed E-state index contributed by atoms with van der Waals surface area (Å²) in [7, 11) is 0. The number of ether oxygens (including phenoxy) is 2. The van der Waals surface area contributed by atoms with Gasteiger partial charge < -0.3 is 25.0 Å². The molecule has 256 valence electrons. The number of carboxylic acids is 1. The fraction of sp³-hybridized carbons (Fsp3) is 0.289. The number of amides is 2. The Morgan fingerprint density at radius 1 is 0.796 bits per heavy atom. The second-order valence-electron chi connectivity index (χ2n) is 11.8. The van der Waals surface area contributed by atoms with Crippen molar-refractivity contribution in [2.45, 2.75) is 68.6 Å². The fourth-order valence-corrected chi connectivity index (χ4v) is 6.73. The summed E-state index contributed by atoms with van der Waals surface area (Å²) in [6.07, 6.45) is 0.903. The van der Waals surface area contributed by atoms with Gasteiger partial charge in [-0.15, -0.1) is 11.8 Å². The number of aliphatic hydroxyl groups is 1. The number of hydrogen-bond acceptors (Lipinski definition) is 8. The molecule has 0 aromatic heterocycles. The predicted molar refractivity (Wildman–Crippen MR) is 185 cm³/mol. The molecule has 0 aliphatic carbocycles. The van der Waals surface area contributed by atoms with Crippen LogP contribution in [0.2, 0.25) is 0 Å². The van der Waals surface area contributed by atoms with Crippen LogP contribution in [0.15, 0.2) is 102 Å². The SMILES string of the molecule is O=C(CCCCC(=O)NCc1ccccc1-c1ccc([C@H]2O[C@@H](CSc3ccccc3C(=O)O)C[C@@H](c3ccc(CO)cc3)O2)cc1)NO. The van der Waals surface area contributed by atoms with E-state index >= 15 is 0 Å². The van der Waals surface area contributed by atoms with Crippen LogP contribution >= 0.6 is 11.8 Å². The lowest BCUT2D eigenvalue weighted by atomic mass is 9.97. The third-order valence-corrected chi connectivity index (χ3v) is 9.53. The van der Waals surface area contributed by atoms with Crippen molar-refractivity contribution in [3.63, 3.8) is 0 Å². The van der Waals surface area contributed by atoms with Crippen LogP contribution in [0.5, 0.6) is 0 Å². The molecular weight excluding hydrogens is 644 g/mol. The van der Waals surface area contributed by atoms with Crippen molar-refractivity contribution >= 4 is 29.5 Å². The van der Waals surface area contributed by atoms with Gasteiger partial charge in [-0.05, 0) is 52.8 Å². The largest absolute Gasteiger partial charge is 0.478 e. The van der Waals surface area contributed by atoms with E-state index in [1.165, 1.54) is 11.8 Å². The lowest BCUT2D eigenvalue weighted by molar-refractivity contribution is -0.245. The van der Waals surface area contributed by atoms with Crippen molar-refractivity contribution < 1.29 is 39.3 Å². The second-order valence-corrected chi connectivity index (χ2v) is 12.8. The molecule has 5 N–H and O–H groups in total. The quantitative estimate of drug-likeness (QED) is 0.0405. The van der Waals surface area contributed by atoms with Gasteiger partial charge in [0.1, 0.15) is 0 Å². The van der Waals surface area contributed by atoms with Gasteiger partial charge in [0.2, 0.25) is 11.8 Å². The third-order valence-electron chi connectivity index (χ3n) is 8.33. The molecule has 10 nitrogen and oxygen atoms in total. The van der Waals surface area contributed by atoms with E-state index in [0.29, 0.717) is 36.5 Å². The van der Waals surface area contributed by atoms with Gasteiger partial charge in [0.15, 0.2) is 6.29 Å². The van der Waals surface area contributed by atoms with Crippen molar-refractivity contribution in [1.82, 2.24) is 10.8 Å². The van der Waals surface area contributed by atoms with Crippen molar-refractivity contribution in [2.75, 3.05) is 5.75 Å². The molecule has 4 aromatic rings. The lowest BCUT2D eigenvalue weighted by Gasteiger charge is -2.36. The first-order chi connectivity index (χ1) is 23.8. The first-order valence-electron chi connectivity index (χ1n) is 16.2. The van der Waals surface area contributed by atoms with Crippen LogP contribution in [0, 0.1) is 0 Å². The number of aromatic carboxylic acids is 1. The molecule has 2 amide bonds. The first kappa shape index (κ1) is 35.8. The summed E-state index contributed by atoms with van der Waals surface area (Å²) in [5.74, 6) is -1.01. The zero-order chi connectivity index (χ0) is 34.6. The second kappa shape index (κ2) is 17.8. The zero-order valence-electron chi connectivity index (χ0n) is 26.9. The third kappa shape index (κ3) is 10.0. The molecule has 49 heavy (non-hydrogen) atoms. The topological polar surface area (TPSA) is 154 Å². The maximum Gasteiger partial charge on any atom is 0.336 e. The molecule has 5 rings (SSSR count). The number of unbranched alkanes of at least 4 members (excludes halogenated alkanes) is 1. The van der Waals surface area contributed by atoms with Gasteiger partial charge in [0.25, 0.3) is 0 Å². The maximum absolute atomic E-state index is 12.4. The molecule has 0 spiro atoms. The Labute approximate surface area is 289 Å². The van der Waals surface area contributed by atoms with Gasteiger partial charge in [-0.3, -0.25) is 14.8 Å². The molecule has 1 fully saturated rings. The van der Waals surface area contributed by atoms with E-state index < -0.39 is 18.2 Å².